The maximum absolute atomic E-state index is 9.22. The van der Waals surface area contributed by atoms with Crippen molar-refractivity contribution in [1.29, 1.82) is 10.5 Å². The zero-order valence-corrected chi connectivity index (χ0v) is 12.8. The van der Waals surface area contributed by atoms with Crippen LogP contribution < -0.4 is 10.1 Å². The Kier molecular flexibility index (Phi) is 4.49. The van der Waals surface area contributed by atoms with Crippen molar-refractivity contribution in [3.63, 3.8) is 0 Å². The molecule has 0 bridgehead atoms. The second kappa shape index (κ2) is 5.51. The van der Waals surface area contributed by atoms with Crippen molar-refractivity contribution >= 4 is 13.5 Å². The van der Waals surface area contributed by atoms with Gasteiger partial charge in [0.1, 0.15) is 23.0 Å². The molecule has 1 rings (SSSR count). The maximum atomic E-state index is 9.22. The standard InChI is InChI=1S/C13H20N4P/c1-9(2)16-11(5)12(6)17(10(3)4)13(16)18(7-14)8-15/h9-10H,1-6H3/q+1. The van der Waals surface area contributed by atoms with Gasteiger partial charge in [-0.3, -0.25) is 0 Å². The molecular weight excluding hydrogens is 243 g/mol. The minimum atomic E-state index is -1.42. The van der Waals surface area contributed by atoms with E-state index in [0.717, 1.165) is 17.0 Å². The molecule has 0 N–H and O–H groups in total. The highest BCUT2D eigenvalue weighted by atomic mass is 31.1. The van der Waals surface area contributed by atoms with Crippen LogP contribution in [-0.4, -0.2) is 4.57 Å². The van der Waals surface area contributed by atoms with Crippen molar-refractivity contribution in [3.05, 3.63) is 11.4 Å². The lowest BCUT2D eigenvalue weighted by Gasteiger charge is -2.10. The predicted molar refractivity (Wildman–Crippen MR) is 72.7 cm³/mol. The molecule has 0 fully saturated rings. The number of rotatable bonds is 3. The molecular formula is C13H20N4P+. The molecule has 0 aromatic carbocycles. The summed E-state index contributed by atoms with van der Waals surface area (Å²) in [5.74, 6) is 4.32. The highest BCUT2D eigenvalue weighted by Crippen LogP contribution is 2.32. The third-order valence-corrected chi connectivity index (χ3v) is 4.34. The molecule has 0 aliphatic carbocycles. The van der Waals surface area contributed by atoms with Gasteiger partial charge in [-0.25, -0.2) is 9.13 Å². The van der Waals surface area contributed by atoms with E-state index in [-0.39, 0.29) is 12.1 Å². The Morgan fingerprint density at radius 3 is 1.94 bits per heavy atom. The number of hydrogen-bond donors (Lipinski definition) is 0. The van der Waals surface area contributed by atoms with Gasteiger partial charge >= 0.3 is 5.57 Å². The smallest absolute Gasteiger partial charge is 0.224 e. The summed E-state index contributed by atoms with van der Waals surface area (Å²) in [4.78, 5) is 0. The van der Waals surface area contributed by atoms with Crippen LogP contribution in [0.3, 0.4) is 0 Å². The van der Waals surface area contributed by atoms with Crippen molar-refractivity contribution < 1.29 is 4.57 Å². The molecule has 96 valence electrons. The van der Waals surface area contributed by atoms with Gasteiger partial charge in [-0.1, -0.05) is 0 Å². The van der Waals surface area contributed by atoms with Crippen LogP contribution in [0, 0.1) is 36.0 Å². The van der Waals surface area contributed by atoms with Gasteiger partial charge in [-0.05, 0) is 27.7 Å². The molecule has 1 heterocycles. The van der Waals surface area contributed by atoms with Crippen LogP contribution in [0.4, 0.5) is 0 Å². The van der Waals surface area contributed by atoms with Gasteiger partial charge in [0.05, 0.1) is 12.1 Å². The van der Waals surface area contributed by atoms with Crippen LogP contribution in [0.2, 0.25) is 0 Å². The van der Waals surface area contributed by atoms with Crippen molar-refractivity contribution in [2.45, 2.75) is 53.6 Å². The summed E-state index contributed by atoms with van der Waals surface area (Å²) >= 11 is 0. The second-order valence-electron chi connectivity index (χ2n) is 4.93. The Morgan fingerprint density at radius 2 is 1.61 bits per heavy atom. The first-order valence-corrected chi connectivity index (χ1v) is 7.43. The fourth-order valence-electron chi connectivity index (χ4n) is 2.33. The first-order chi connectivity index (χ1) is 8.36. The Bertz CT molecular complexity index is 483. The van der Waals surface area contributed by atoms with Crippen LogP contribution in [0.25, 0.3) is 0 Å². The zero-order valence-electron chi connectivity index (χ0n) is 11.9. The Labute approximate surface area is 110 Å². The van der Waals surface area contributed by atoms with Crippen LogP contribution in [0.1, 0.15) is 51.2 Å². The third-order valence-electron chi connectivity index (χ3n) is 3.11. The SMILES string of the molecule is Cc1c(C)[n+](C(C)C)c(P(C#N)C#N)n1C(C)C. The average molecular weight is 263 g/mol. The molecule has 0 saturated heterocycles. The minimum absolute atomic E-state index is 0.255. The average Bonchev–Trinajstić information content (AvgIpc) is 2.54. The minimum Gasteiger partial charge on any atom is -0.224 e. The van der Waals surface area contributed by atoms with E-state index in [1.807, 2.05) is 0 Å². The molecule has 0 unspecified atom stereocenters. The van der Waals surface area contributed by atoms with Gasteiger partial charge in [0.25, 0.3) is 0 Å². The van der Waals surface area contributed by atoms with Gasteiger partial charge < -0.3 is 0 Å². The molecule has 4 nitrogen and oxygen atoms in total. The summed E-state index contributed by atoms with van der Waals surface area (Å²) in [5.41, 5.74) is 3.16. The Morgan fingerprint density at radius 1 is 1.11 bits per heavy atom. The van der Waals surface area contributed by atoms with Crippen molar-refractivity contribution in [1.82, 2.24) is 4.57 Å². The summed E-state index contributed by atoms with van der Waals surface area (Å²) in [7, 11) is -1.42. The van der Waals surface area contributed by atoms with E-state index in [4.69, 9.17) is 0 Å². The van der Waals surface area contributed by atoms with E-state index < -0.39 is 7.92 Å². The summed E-state index contributed by atoms with van der Waals surface area (Å²) in [6.07, 6.45) is 0. The van der Waals surface area contributed by atoms with E-state index in [1.165, 1.54) is 0 Å². The molecule has 1 aromatic rings. The molecule has 0 saturated carbocycles. The number of aromatic nitrogens is 2. The molecule has 0 aliphatic rings. The molecule has 0 aliphatic heterocycles. The monoisotopic (exact) mass is 263 g/mol. The summed E-state index contributed by atoms with van der Waals surface area (Å²) in [6.45, 7) is 12.5. The molecule has 0 radical (unpaired) electrons. The third kappa shape index (κ3) is 2.26. The number of imidazole rings is 1. The predicted octanol–water partition coefficient (Wildman–Crippen LogP) is 2.62. The topological polar surface area (TPSA) is 56.4 Å². The van der Waals surface area contributed by atoms with Crippen molar-refractivity contribution in [3.8, 4) is 11.6 Å². The van der Waals surface area contributed by atoms with Crippen molar-refractivity contribution in [2.24, 2.45) is 0 Å². The lowest BCUT2D eigenvalue weighted by molar-refractivity contribution is -0.704. The number of hydrogen-bond acceptors (Lipinski definition) is 2. The van der Waals surface area contributed by atoms with Gasteiger partial charge in [0, 0.05) is 13.8 Å². The largest absolute Gasteiger partial charge is 0.307 e. The van der Waals surface area contributed by atoms with Crippen LogP contribution in [0.5, 0.6) is 0 Å². The van der Waals surface area contributed by atoms with Crippen molar-refractivity contribution in [2.75, 3.05) is 0 Å². The Balaban J connectivity index is 3.70. The first-order valence-electron chi connectivity index (χ1n) is 6.09. The highest BCUT2D eigenvalue weighted by Gasteiger charge is 2.35. The Hall–Kier alpha value is -1.38. The summed E-state index contributed by atoms with van der Waals surface area (Å²) < 4.78 is 4.26. The molecule has 1 aromatic heterocycles. The van der Waals surface area contributed by atoms with E-state index in [1.54, 1.807) is 0 Å². The lowest BCUT2D eigenvalue weighted by Crippen LogP contribution is -2.51. The van der Waals surface area contributed by atoms with Crippen LogP contribution in [-0.2, 0) is 0 Å². The molecule has 5 heteroatoms. The van der Waals surface area contributed by atoms with E-state index >= 15 is 0 Å². The molecule has 0 amide bonds. The van der Waals surface area contributed by atoms with Gasteiger partial charge in [-0.2, -0.15) is 10.5 Å². The fraction of sp³-hybridized carbons (Fsp3) is 0.615. The number of nitriles is 2. The van der Waals surface area contributed by atoms with Gasteiger partial charge in [0.15, 0.2) is 0 Å². The van der Waals surface area contributed by atoms with Gasteiger partial charge in [0.2, 0.25) is 7.92 Å². The first kappa shape index (κ1) is 14.7. The van der Waals surface area contributed by atoms with E-state index in [0.29, 0.717) is 0 Å². The maximum Gasteiger partial charge on any atom is 0.307 e. The van der Waals surface area contributed by atoms with Crippen LogP contribution >= 0.6 is 7.92 Å². The quantitative estimate of drug-likeness (QED) is 0.621. The highest BCUT2D eigenvalue weighted by molar-refractivity contribution is 7.74. The normalized spacial score (nSPS) is 11.1. The molecule has 0 spiro atoms. The second-order valence-corrected chi connectivity index (χ2v) is 6.40. The fourth-order valence-corrected chi connectivity index (χ4v) is 3.74. The van der Waals surface area contributed by atoms with E-state index in [9.17, 15) is 10.5 Å². The summed E-state index contributed by atoms with van der Waals surface area (Å²) in [5, 5.41) is 18.4. The number of nitrogens with zero attached hydrogens (tertiary/aromatic N) is 4. The molecule has 18 heavy (non-hydrogen) atoms. The molecule has 0 atom stereocenters. The van der Waals surface area contributed by atoms with Crippen LogP contribution in [0.15, 0.2) is 0 Å². The summed E-state index contributed by atoms with van der Waals surface area (Å²) in [6, 6.07) is 0.510. The van der Waals surface area contributed by atoms with Gasteiger partial charge in [-0.15, -0.1) is 0 Å². The zero-order chi connectivity index (χ0) is 14.0. The lowest BCUT2D eigenvalue weighted by atomic mass is 10.3. The van der Waals surface area contributed by atoms with E-state index in [2.05, 4.69) is 62.3 Å².